The van der Waals surface area contributed by atoms with Crippen LogP contribution in [0.25, 0.3) is 0 Å². The second-order valence-electron chi connectivity index (χ2n) is 5.57. The van der Waals surface area contributed by atoms with Gasteiger partial charge in [0, 0.05) is 22.3 Å². The summed E-state index contributed by atoms with van der Waals surface area (Å²) in [6.07, 6.45) is -4.58. The summed E-state index contributed by atoms with van der Waals surface area (Å²) >= 11 is 8.90. The van der Waals surface area contributed by atoms with E-state index in [4.69, 9.17) is 21.1 Å². The lowest BCUT2D eigenvalue weighted by atomic mass is 10.2. The summed E-state index contributed by atoms with van der Waals surface area (Å²) in [5.74, 6) is 0.612. The number of nitrogens with one attached hydrogen (secondary N) is 2. The summed E-state index contributed by atoms with van der Waals surface area (Å²) in [4.78, 5) is 12.1. The van der Waals surface area contributed by atoms with Crippen molar-refractivity contribution in [2.75, 3.05) is 30.4 Å². The monoisotopic (exact) mass is 464 g/mol. The van der Waals surface area contributed by atoms with Crippen LogP contribution in [0.4, 0.5) is 24.5 Å². The summed E-state index contributed by atoms with van der Waals surface area (Å²) in [6.45, 7) is 0.609. The minimum Gasteiger partial charge on any atom is -0.486 e. The molecule has 1 amide bonds. The predicted molar refractivity (Wildman–Crippen MR) is 98.7 cm³/mol. The smallest absolute Gasteiger partial charge is 0.417 e. The van der Waals surface area contributed by atoms with E-state index >= 15 is 0 Å². The van der Waals surface area contributed by atoms with Gasteiger partial charge in [0.1, 0.15) is 13.2 Å². The van der Waals surface area contributed by atoms with Gasteiger partial charge in [0.2, 0.25) is 5.91 Å². The Morgan fingerprint density at radius 3 is 2.48 bits per heavy atom. The topological polar surface area (TPSA) is 59.6 Å². The highest BCUT2D eigenvalue weighted by Gasteiger charge is 2.33. The average molecular weight is 466 g/mol. The van der Waals surface area contributed by atoms with Crippen molar-refractivity contribution in [1.29, 1.82) is 0 Å². The Morgan fingerprint density at radius 2 is 1.81 bits per heavy atom. The van der Waals surface area contributed by atoms with Gasteiger partial charge >= 0.3 is 6.18 Å². The number of rotatable bonds is 4. The van der Waals surface area contributed by atoms with E-state index in [0.29, 0.717) is 34.9 Å². The quantitative estimate of drug-likeness (QED) is 0.671. The average Bonchev–Trinajstić information content (AvgIpc) is 2.60. The summed E-state index contributed by atoms with van der Waals surface area (Å²) in [6, 6.07) is 6.63. The first-order valence-corrected chi connectivity index (χ1v) is 8.91. The molecule has 5 nitrogen and oxygen atoms in total. The van der Waals surface area contributed by atoms with Crippen molar-refractivity contribution in [2.45, 2.75) is 6.18 Å². The molecule has 0 atom stereocenters. The number of hydrogen-bond donors (Lipinski definition) is 2. The van der Waals surface area contributed by atoms with Crippen LogP contribution in [0.2, 0.25) is 5.02 Å². The largest absolute Gasteiger partial charge is 0.486 e. The number of carbonyl (C=O) groups excluding carboxylic acids is 1. The molecule has 0 bridgehead atoms. The number of anilines is 2. The number of ether oxygens (including phenoxy) is 2. The summed E-state index contributed by atoms with van der Waals surface area (Å²) in [7, 11) is 0. The van der Waals surface area contributed by atoms with Gasteiger partial charge in [0.15, 0.2) is 11.5 Å². The van der Waals surface area contributed by atoms with Crippen molar-refractivity contribution in [2.24, 2.45) is 0 Å². The van der Waals surface area contributed by atoms with Gasteiger partial charge in [-0.25, -0.2) is 0 Å². The maximum absolute atomic E-state index is 12.9. The highest BCUT2D eigenvalue weighted by Crippen LogP contribution is 2.38. The highest BCUT2D eigenvalue weighted by molar-refractivity contribution is 9.10. The van der Waals surface area contributed by atoms with E-state index in [0.717, 1.165) is 12.1 Å². The fourth-order valence-corrected chi connectivity index (χ4v) is 3.04. The van der Waals surface area contributed by atoms with Crippen LogP contribution in [-0.2, 0) is 11.0 Å². The van der Waals surface area contributed by atoms with Crippen LogP contribution in [0.5, 0.6) is 11.5 Å². The Morgan fingerprint density at radius 1 is 1.15 bits per heavy atom. The number of benzene rings is 2. The van der Waals surface area contributed by atoms with Crippen molar-refractivity contribution in [3.8, 4) is 11.5 Å². The Labute approximate surface area is 165 Å². The number of carbonyl (C=O) groups is 1. The molecule has 1 aliphatic heterocycles. The van der Waals surface area contributed by atoms with Crippen LogP contribution in [0.15, 0.2) is 34.8 Å². The second-order valence-corrected chi connectivity index (χ2v) is 6.83. The molecule has 144 valence electrons. The van der Waals surface area contributed by atoms with E-state index in [-0.39, 0.29) is 12.2 Å². The van der Waals surface area contributed by atoms with Gasteiger partial charge in [0.25, 0.3) is 0 Å². The van der Waals surface area contributed by atoms with Gasteiger partial charge < -0.3 is 20.1 Å². The summed E-state index contributed by atoms with van der Waals surface area (Å²) < 4.78 is 50.1. The molecule has 1 heterocycles. The van der Waals surface area contributed by atoms with Gasteiger partial charge in [0.05, 0.1) is 22.8 Å². The van der Waals surface area contributed by atoms with Crippen molar-refractivity contribution in [3.63, 3.8) is 0 Å². The van der Waals surface area contributed by atoms with Gasteiger partial charge in [-0.3, -0.25) is 4.79 Å². The number of halogens is 5. The molecule has 1 aliphatic rings. The predicted octanol–water partition coefficient (Wildman–Crippen LogP) is 4.94. The zero-order valence-corrected chi connectivity index (χ0v) is 16.0. The van der Waals surface area contributed by atoms with E-state index in [1.165, 1.54) is 6.07 Å². The lowest BCUT2D eigenvalue weighted by molar-refractivity contribution is -0.137. The minimum absolute atomic E-state index is 0.128. The molecule has 0 unspecified atom stereocenters. The maximum Gasteiger partial charge on any atom is 0.417 e. The lowest BCUT2D eigenvalue weighted by Gasteiger charge is -2.20. The van der Waals surface area contributed by atoms with Crippen LogP contribution in [0.3, 0.4) is 0 Å². The van der Waals surface area contributed by atoms with E-state index in [1.807, 2.05) is 0 Å². The fraction of sp³-hybridized carbons (Fsp3) is 0.235. The minimum atomic E-state index is -4.58. The molecule has 3 rings (SSSR count). The molecule has 2 aromatic rings. The van der Waals surface area contributed by atoms with Crippen molar-refractivity contribution in [3.05, 3.63) is 45.4 Å². The molecule has 2 aromatic carbocycles. The first-order chi connectivity index (χ1) is 12.7. The third kappa shape index (κ3) is 4.78. The van der Waals surface area contributed by atoms with E-state index in [2.05, 4.69) is 26.6 Å². The highest BCUT2D eigenvalue weighted by atomic mass is 79.9. The van der Waals surface area contributed by atoms with Crippen molar-refractivity contribution in [1.82, 2.24) is 0 Å². The first-order valence-electron chi connectivity index (χ1n) is 7.73. The first kappa shape index (κ1) is 19.6. The van der Waals surface area contributed by atoms with Gasteiger partial charge in [-0.15, -0.1) is 0 Å². The molecule has 0 saturated carbocycles. The Bertz CT molecular complexity index is 877. The molecule has 0 aliphatic carbocycles. The Balaban J connectivity index is 1.65. The molecule has 0 aromatic heterocycles. The van der Waals surface area contributed by atoms with Gasteiger partial charge in [-0.1, -0.05) is 11.6 Å². The van der Waals surface area contributed by atoms with Crippen molar-refractivity contribution < 1.29 is 27.4 Å². The standard InChI is InChI=1S/C17H13BrClF3N2O3/c18-11-6-14-15(27-4-3-26-14)7-13(11)24-16(25)8-23-9-1-2-12(19)10(5-9)17(20,21)22/h1-2,5-7,23H,3-4,8H2,(H,24,25). The zero-order valence-electron chi connectivity index (χ0n) is 13.6. The number of amides is 1. The van der Waals surface area contributed by atoms with E-state index < -0.39 is 22.7 Å². The molecule has 0 saturated heterocycles. The molecule has 0 spiro atoms. The van der Waals surface area contributed by atoms with E-state index in [9.17, 15) is 18.0 Å². The van der Waals surface area contributed by atoms with Crippen LogP contribution in [-0.4, -0.2) is 25.7 Å². The molecular weight excluding hydrogens is 453 g/mol. The molecule has 0 radical (unpaired) electrons. The summed E-state index contributed by atoms with van der Waals surface area (Å²) in [5, 5.41) is 4.89. The number of hydrogen-bond acceptors (Lipinski definition) is 4. The number of alkyl halides is 3. The third-order valence-corrected chi connectivity index (χ3v) is 4.62. The molecule has 2 N–H and O–H groups in total. The molecule has 10 heteroatoms. The fourth-order valence-electron chi connectivity index (χ4n) is 2.39. The SMILES string of the molecule is O=C(CNc1ccc(Cl)c(C(F)(F)F)c1)Nc1cc2c(cc1Br)OCCO2. The van der Waals surface area contributed by atoms with Crippen molar-refractivity contribution >= 4 is 44.8 Å². The normalized spacial score (nSPS) is 13.2. The van der Waals surface area contributed by atoms with Gasteiger partial charge in [-0.05, 0) is 34.1 Å². The Hall–Kier alpha value is -2.13. The molecule has 0 fully saturated rings. The second kappa shape index (κ2) is 7.85. The third-order valence-electron chi connectivity index (χ3n) is 3.63. The maximum atomic E-state index is 12.9. The molecule has 27 heavy (non-hydrogen) atoms. The van der Waals surface area contributed by atoms with Crippen LogP contribution >= 0.6 is 27.5 Å². The van der Waals surface area contributed by atoms with E-state index in [1.54, 1.807) is 12.1 Å². The number of fused-ring (bicyclic) bond motifs is 1. The molecular formula is C17H13BrClF3N2O3. The van der Waals surface area contributed by atoms with Crippen LogP contribution in [0.1, 0.15) is 5.56 Å². The Kier molecular flexibility index (Phi) is 5.71. The van der Waals surface area contributed by atoms with Crippen LogP contribution in [0, 0.1) is 0 Å². The zero-order chi connectivity index (χ0) is 19.6. The van der Waals surface area contributed by atoms with Crippen LogP contribution < -0.4 is 20.1 Å². The van der Waals surface area contributed by atoms with Gasteiger partial charge in [-0.2, -0.15) is 13.2 Å². The summed E-state index contributed by atoms with van der Waals surface area (Å²) in [5.41, 5.74) is -0.384. The lowest BCUT2D eigenvalue weighted by Crippen LogP contribution is -2.22.